The van der Waals surface area contributed by atoms with E-state index in [9.17, 15) is 4.39 Å². The normalized spacial score (nSPS) is 11.1. The Bertz CT molecular complexity index is 720. The van der Waals surface area contributed by atoms with Crippen LogP contribution in [-0.2, 0) is 13.1 Å². The standard InChI is InChI=1S/C14H13FN4/c15-12-4-10(6-17-7-12)8-19-9-11(5-16)13-2-1-3-18-14(13)19/h1-4,6-7,9H,5,8,16H2. The first-order valence-electron chi connectivity index (χ1n) is 6.00. The molecule has 0 aromatic carbocycles. The Labute approximate surface area is 109 Å². The molecular weight excluding hydrogens is 243 g/mol. The summed E-state index contributed by atoms with van der Waals surface area (Å²) in [5.74, 6) is -0.332. The van der Waals surface area contributed by atoms with E-state index in [1.165, 1.54) is 12.3 Å². The van der Waals surface area contributed by atoms with Gasteiger partial charge in [-0.3, -0.25) is 4.98 Å². The largest absolute Gasteiger partial charge is 0.328 e. The molecule has 0 bridgehead atoms. The lowest BCUT2D eigenvalue weighted by Crippen LogP contribution is -2.00. The summed E-state index contributed by atoms with van der Waals surface area (Å²) in [6.07, 6.45) is 6.55. The van der Waals surface area contributed by atoms with Crippen LogP contribution in [0.2, 0.25) is 0 Å². The van der Waals surface area contributed by atoms with Gasteiger partial charge in [0, 0.05) is 30.5 Å². The second-order valence-electron chi connectivity index (χ2n) is 4.37. The van der Waals surface area contributed by atoms with Gasteiger partial charge in [-0.1, -0.05) is 0 Å². The maximum Gasteiger partial charge on any atom is 0.141 e. The summed E-state index contributed by atoms with van der Waals surface area (Å²) < 4.78 is 15.1. The van der Waals surface area contributed by atoms with Gasteiger partial charge in [0.2, 0.25) is 0 Å². The van der Waals surface area contributed by atoms with Gasteiger partial charge in [-0.05, 0) is 29.3 Å². The summed E-state index contributed by atoms with van der Waals surface area (Å²) in [5, 5.41) is 1.04. The van der Waals surface area contributed by atoms with Crippen LogP contribution in [0.15, 0.2) is 43.0 Å². The summed E-state index contributed by atoms with van der Waals surface area (Å²) in [4.78, 5) is 8.22. The lowest BCUT2D eigenvalue weighted by molar-refractivity contribution is 0.616. The number of halogens is 1. The highest BCUT2D eigenvalue weighted by Gasteiger charge is 2.08. The maximum absolute atomic E-state index is 13.1. The molecule has 5 heteroatoms. The zero-order valence-electron chi connectivity index (χ0n) is 10.3. The van der Waals surface area contributed by atoms with Crippen LogP contribution in [0.5, 0.6) is 0 Å². The average molecular weight is 256 g/mol. The topological polar surface area (TPSA) is 56.7 Å². The van der Waals surface area contributed by atoms with E-state index in [0.29, 0.717) is 13.1 Å². The van der Waals surface area contributed by atoms with Crippen molar-refractivity contribution in [2.75, 3.05) is 0 Å². The molecule has 0 amide bonds. The zero-order chi connectivity index (χ0) is 13.2. The Balaban J connectivity index is 2.06. The molecule has 0 aliphatic heterocycles. The summed E-state index contributed by atoms with van der Waals surface area (Å²) >= 11 is 0. The Morgan fingerprint density at radius 2 is 2.21 bits per heavy atom. The third-order valence-electron chi connectivity index (χ3n) is 3.05. The van der Waals surface area contributed by atoms with E-state index in [4.69, 9.17) is 5.73 Å². The van der Waals surface area contributed by atoms with Gasteiger partial charge >= 0.3 is 0 Å². The highest BCUT2D eigenvalue weighted by Crippen LogP contribution is 2.20. The van der Waals surface area contributed by atoms with Crippen molar-refractivity contribution in [3.8, 4) is 0 Å². The van der Waals surface area contributed by atoms with Crippen LogP contribution < -0.4 is 5.73 Å². The van der Waals surface area contributed by atoms with Crippen LogP contribution >= 0.6 is 0 Å². The lowest BCUT2D eigenvalue weighted by Gasteiger charge is -2.04. The van der Waals surface area contributed by atoms with Crippen LogP contribution in [0.3, 0.4) is 0 Å². The molecule has 0 spiro atoms. The molecule has 4 nitrogen and oxygen atoms in total. The monoisotopic (exact) mass is 256 g/mol. The Kier molecular flexibility index (Phi) is 2.97. The lowest BCUT2D eigenvalue weighted by atomic mass is 10.2. The van der Waals surface area contributed by atoms with Crippen molar-refractivity contribution in [3.05, 3.63) is 59.9 Å². The number of aromatic nitrogens is 3. The number of hydrogen-bond donors (Lipinski definition) is 1. The summed E-state index contributed by atoms with van der Waals surface area (Å²) in [5.41, 5.74) is 8.42. The molecule has 3 heterocycles. The first-order chi connectivity index (χ1) is 9.28. The maximum atomic E-state index is 13.1. The number of nitrogens with zero attached hydrogens (tertiary/aromatic N) is 3. The van der Waals surface area contributed by atoms with Crippen molar-refractivity contribution < 1.29 is 4.39 Å². The quantitative estimate of drug-likeness (QED) is 0.780. The predicted molar refractivity (Wildman–Crippen MR) is 70.9 cm³/mol. The molecule has 3 aromatic rings. The molecular formula is C14H13FN4. The van der Waals surface area contributed by atoms with Gasteiger partial charge in [0.15, 0.2) is 0 Å². The molecule has 0 aliphatic carbocycles. The number of pyridine rings is 2. The summed E-state index contributed by atoms with van der Waals surface area (Å²) in [7, 11) is 0. The highest BCUT2D eigenvalue weighted by molar-refractivity contribution is 5.80. The number of hydrogen-bond acceptors (Lipinski definition) is 3. The van der Waals surface area contributed by atoms with Crippen LogP contribution in [0.1, 0.15) is 11.1 Å². The van der Waals surface area contributed by atoms with E-state index in [1.54, 1.807) is 12.4 Å². The van der Waals surface area contributed by atoms with Crippen LogP contribution in [-0.4, -0.2) is 14.5 Å². The van der Waals surface area contributed by atoms with Crippen molar-refractivity contribution in [1.82, 2.24) is 14.5 Å². The summed E-state index contributed by atoms with van der Waals surface area (Å²) in [6, 6.07) is 5.35. The van der Waals surface area contributed by atoms with Gasteiger partial charge in [0.05, 0.1) is 12.7 Å². The fourth-order valence-corrected chi connectivity index (χ4v) is 2.22. The molecule has 2 N–H and O–H groups in total. The van der Waals surface area contributed by atoms with Gasteiger partial charge in [-0.15, -0.1) is 0 Å². The molecule has 0 saturated carbocycles. The molecule has 0 radical (unpaired) electrons. The van der Waals surface area contributed by atoms with Crippen molar-refractivity contribution in [2.45, 2.75) is 13.1 Å². The Hall–Kier alpha value is -2.27. The average Bonchev–Trinajstić information content (AvgIpc) is 2.77. The summed E-state index contributed by atoms with van der Waals surface area (Å²) in [6.45, 7) is 0.981. The van der Waals surface area contributed by atoms with Gasteiger partial charge in [-0.2, -0.15) is 0 Å². The van der Waals surface area contributed by atoms with Crippen LogP contribution in [0, 0.1) is 5.82 Å². The number of fused-ring (bicyclic) bond motifs is 1. The number of nitrogens with two attached hydrogens (primary N) is 1. The third-order valence-corrected chi connectivity index (χ3v) is 3.05. The molecule has 3 aromatic heterocycles. The Morgan fingerprint density at radius 1 is 1.32 bits per heavy atom. The minimum atomic E-state index is -0.332. The SMILES string of the molecule is NCc1cn(Cc2cncc(F)c2)c2ncccc12. The molecule has 19 heavy (non-hydrogen) atoms. The second-order valence-corrected chi connectivity index (χ2v) is 4.37. The third kappa shape index (κ3) is 2.20. The predicted octanol–water partition coefficient (Wildman–Crippen LogP) is 2.08. The van der Waals surface area contributed by atoms with Crippen molar-refractivity contribution in [1.29, 1.82) is 0 Å². The molecule has 0 atom stereocenters. The van der Waals surface area contributed by atoms with Crippen LogP contribution in [0.4, 0.5) is 4.39 Å². The fraction of sp³-hybridized carbons (Fsp3) is 0.143. The zero-order valence-corrected chi connectivity index (χ0v) is 10.3. The van der Waals surface area contributed by atoms with Gasteiger partial charge < -0.3 is 10.3 Å². The molecule has 0 aliphatic rings. The van der Waals surface area contributed by atoms with Crippen molar-refractivity contribution in [3.63, 3.8) is 0 Å². The first-order valence-corrected chi connectivity index (χ1v) is 6.00. The van der Waals surface area contributed by atoms with Crippen molar-refractivity contribution in [2.24, 2.45) is 5.73 Å². The first kappa shape index (κ1) is 11.8. The van der Waals surface area contributed by atoms with E-state index in [1.807, 2.05) is 22.9 Å². The molecule has 0 fully saturated rings. The molecule has 3 rings (SSSR count). The van der Waals surface area contributed by atoms with Crippen LogP contribution in [0.25, 0.3) is 11.0 Å². The number of rotatable bonds is 3. The minimum absolute atomic E-state index is 0.332. The van der Waals surface area contributed by atoms with Crippen molar-refractivity contribution >= 4 is 11.0 Å². The Morgan fingerprint density at radius 3 is 3.00 bits per heavy atom. The molecule has 0 saturated heterocycles. The van der Waals surface area contributed by atoms with E-state index in [0.717, 1.165) is 22.2 Å². The smallest absolute Gasteiger partial charge is 0.141 e. The van der Waals surface area contributed by atoms with Gasteiger partial charge in [-0.25, -0.2) is 9.37 Å². The van der Waals surface area contributed by atoms with E-state index >= 15 is 0 Å². The molecule has 96 valence electrons. The highest BCUT2D eigenvalue weighted by atomic mass is 19.1. The molecule has 0 unspecified atom stereocenters. The van der Waals surface area contributed by atoms with E-state index in [2.05, 4.69) is 9.97 Å². The van der Waals surface area contributed by atoms with E-state index < -0.39 is 0 Å². The minimum Gasteiger partial charge on any atom is -0.328 e. The van der Waals surface area contributed by atoms with Gasteiger partial charge in [0.1, 0.15) is 11.5 Å². The van der Waals surface area contributed by atoms with E-state index in [-0.39, 0.29) is 5.82 Å². The van der Waals surface area contributed by atoms with Gasteiger partial charge in [0.25, 0.3) is 0 Å². The fourth-order valence-electron chi connectivity index (χ4n) is 2.22. The second kappa shape index (κ2) is 4.78.